The largest absolute Gasteiger partial charge is 0.391 e. The molecule has 1 aromatic heterocycles. The molecule has 0 saturated carbocycles. The molecule has 0 aliphatic carbocycles. The second-order valence-electron chi connectivity index (χ2n) is 4.66. The van der Waals surface area contributed by atoms with E-state index in [0.717, 1.165) is 15.7 Å². The molecule has 0 radical (unpaired) electrons. The number of hydrogen-bond acceptors (Lipinski definition) is 3. The number of nitrogens with zero attached hydrogens (tertiary/aromatic N) is 2. The highest BCUT2D eigenvalue weighted by Crippen LogP contribution is 2.20. The lowest BCUT2D eigenvalue weighted by molar-refractivity contribution is 0.101. The molecule has 2 aromatic rings. The summed E-state index contributed by atoms with van der Waals surface area (Å²) in [5.41, 5.74) is 2.14. The van der Waals surface area contributed by atoms with E-state index in [1.165, 1.54) is 4.68 Å². The molecule has 0 aliphatic heterocycles. The second kappa shape index (κ2) is 6.19. The Hall–Kier alpha value is -1.66. The summed E-state index contributed by atoms with van der Waals surface area (Å²) in [6.45, 7) is 3.87. The van der Waals surface area contributed by atoms with E-state index in [1.54, 1.807) is 19.2 Å². The van der Waals surface area contributed by atoms with Gasteiger partial charge in [-0.25, -0.2) is 0 Å². The minimum Gasteiger partial charge on any atom is -0.391 e. The Labute approximate surface area is 125 Å². The van der Waals surface area contributed by atoms with Crippen molar-refractivity contribution >= 4 is 27.5 Å². The first-order chi connectivity index (χ1) is 9.47. The lowest BCUT2D eigenvalue weighted by Gasteiger charge is -2.11. The summed E-state index contributed by atoms with van der Waals surface area (Å²) in [6, 6.07) is 7.27. The van der Waals surface area contributed by atoms with Crippen LogP contribution in [0, 0.1) is 6.92 Å². The molecule has 5 nitrogen and oxygen atoms in total. The first-order valence-corrected chi connectivity index (χ1v) is 7.04. The van der Waals surface area contributed by atoms with E-state index in [1.807, 2.05) is 25.1 Å². The van der Waals surface area contributed by atoms with Crippen LogP contribution in [0.25, 0.3) is 0 Å². The Morgan fingerprint density at radius 3 is 2.90 bits per heavy atom. The number of rotatable bonds is 4. The lowest BCUT2D eigenvalue weighted by Crippen LogP contribution is -2.22. The van der Waals surface area contributed by atoms with Crippen LogP contribution in [0.4, 0.5) is 5.69 Å². The van der Waals surface area contributed by atoms with Gasteiger partial charge in [0.05, 0.1) is 12.6 Å². The Morgan fingerprint density at radius 2 is 2.25 bits per heavy atom. The van der Waals surface area contributed by atoms with Gasteiger partial charge in [0.2, 0.25) is 0 Å². The van der Waals surface area contributed by atoms with E-state index in [-0.39, 0.29) is 12.5 Å². The number of hydrogen-bond donors (Lipinski definition) is 2. The van der Waals surface area contributed by atoms with Crippen LogP contribution in [0.3, 0.4) is 0 Å². The third-order valence-electron chi connectivity index (χ3n) is 2.82. The molecule has 106 valence electrons. The number of anilines is 1. The fourth-order valence-electron chi connectivity index (χ4n) is 1.87. The summed E-state index contributed by atoms with van der Waals surface area (Å²) >= 11 is 3.39. The van der Waals surface area contributed by atoms with Crippen molar-refractivity contribution in [2.75, 3.05) is 5.32 Å². The number of amides is 1. The van der Waals surface area contributed by atoms with Gasteiger partial charge >= 0.3 is 0 Å². The van der Waals surface area contributed by atoms with Crippen molar-refractivity contribution in [3.63, 3.8) is 0 Å². The Bertz CT molecular complexity index is 623. The Morgan fingerprint density at radius 1 is 1.50 bits per heavy atom. The van der Waals surface area contributed by atoms with E-state index in [0.29, 0.717) is 5.69 Å². The highest BCUT2D eigenvalue weighted by molar-refractivity contribution is 9.10. The molecule has 1 unspecified atom stereocenters. The van der Waals surface area contributed by atoms with Gasteiger partial charge in [0, 0.05) is 16.4 Å². The fourth-order valence-corrected chi connectivity index (χ4v) is 2.35. The zero-order chi connectivity index (χ0) is 14.7. The standard InChI is InChI=1S/C14H16BrN3O2/c1-9-7-11(15)3-4-12(9)17-14(20)13-5-6-16-18(13)8-10(2)19/h3-7,10,19H,8H2,1-2H3,(H,17,20). The number of aromatic nitrogens is 2. The van der Waals surface area contributed by atoms with E-state index in [9.17, 15) is 9.90 Å². The number of nitrogens with one attached hydrogen (secondary N) is 1. The molecule has 6 heteroatoms. The zero-order valence-electron chi connectivity index (χ0n) is 11.3. The summed E-state index contributed by atoms with van der Waals surface area (Å²) < 4.78 is 2.46. The quantitative estimate of drug-likeness (QED) is 0.900. The molecule has 1 heterocycles. The van der Waals surface area contributed by atoms with Crippen LogP contribution in [0.15, 0.2) is 34.9 Å². The average Bonchev–Trinajstić information content (AvgIpc) is 2.80. The molecule has 20 heavy (non-hydrogen) atoms. The van der Waals surface area contributed by atoms with Crippen LogP contribution < -0.4 is 5.32 Å². The van der Waals surface area contributed by atoms with Crippen molar-refractivity contribution in [1.29, 1.82) is 0 Å². The Kier molecular flexibility index (Phi) is 4.57. The Balaban J connectivity index is 2.18. The molecule has 2 rings (SSSR count). The van der Waals surface area contributed by atoms with Crippen molar-refractivity contribution in [3.05, 3.63) is 46.2 Å². The van der Waals surface area contributed by atoms with Crippen LogP contribution in [0.2, 0.25) is 0 Å². The van der Waals surface area contributed by atoms with Crippen molar-refractivity contribution in [3.8, 4) is 0 Å². The van der Waals surface area contributed by atoms with Crippen molar-refractivity contribution in [1.82, 2.24) is 9.78 Å². The summed E-state index contributed by atoms with van der Waals surface area (Å²) in [5.74, 6) is -0.242. The van der Waals surface area contributed by atoms with Crippen molar-refractivity contribution in [2.24, 2.45) is 0 Å². The smallest absolute Gasteiger partial charge is 0.273 e. The third-order valence-corrected chi connectivity index (χ3v) is 3.32. The molecular formula is C14H16BrN3O2. The topological polar surface area (TPSA) is 67.2 Å². The number of aryl methyl sites for hydroxylation is 1. The van der Waals surface area contributed by atoms with Gasteiger partial charge in [0.15, 0.2) is 0 Å². The molecule has 0 aliphatic rings. The van der Waals surface area contributed by atoms with E-state index < -0.39 is 6.10 Å². The van der Waals surface area contributed by atoms with Gasteiger partial charge in [-0.1, -0.05) is 15.9 Å². The summed E-state index contributed by atoms with van der Waals surface area (Å²) in [5, 5.41) is 16.3. The first kappa shape index (κ1) is 14.7. The maximum Gasteiger partial charge on any atom is 0.273 e. The monoisotopic (exact) mass is 337 g/mol. The van der Waals surface area contributed by atoms with Crippen LogP contribution in [0.1, 0.15) is 23.0 Å². The number of aliphatic hydroxyl groups excluding tert-OH is 1. The summed E-state index contributed by atoms with van der Waals surface area (Å²) in [4.78, 5) is 12.2. The molecular weight excluding hydrogens is 322 g/mol. The molecule has 2 N–H and O–H groups in total. The van der Waals surface area contributed by atoms with Gasteiger partial charge in [-0.15, -0.1) is 0 Å². The van der Waals surface area contributed by atoms with Crippen molar-refractivity contribution < 1.29 is 9.90 Å². The first-order valence-electron chi connectivity index (χ1n) is 6.24. The molecule has 0 spiro atoms. The van der Waals surface area contributed by atoms with E-state index >= 15 is 0 Å². The van der Waals surface area contributed by atoms with Crippen LogP contribution in [-0.4, -0.2) is 26.9 Å². The van der Waals surface area contributed by atoms with Crippen molar-refractivity contribution in [2.45, 2.75) is 26.5 Å². The molecule has 0 saturated heterocycles. The van der Waals surface area contributed by atoms with Crippen LogP contribution in [-0.2, 0) is 6.54 Å². The van der Waals surface area contributed by atoms with Gasteiger partial charge in [-0.3, -0.25) is 9.48 Å². The fraction of sp³-hybridized carbons (Fsp3) is 0.286. The minimum atomic E-state index is -0.559. The van der Waals surface area contributed by atoms with Gasteiger partial charge in [-0.05, 0) is 43.7 Å². The summed E-state index contributed by atoms with van der Waals surface area (Å²) in [6.07, 6.45) is 0.988. The number of aliphatic hydroxyl groups is 1. The molecule has 1 aromatic carbocycles. The predicted molar refractivity (Wildman–Crippen MR) is 80.7 cm³/mol. The number of halogens is 1. The molecule has 1 amide bonds. The zero-order valence-corrected chi connectivity index (χ0v) is 12.9. The minimum absolute atomic E-state index is 0.242. The SMILES string of the molecule is Cc1cc(Br)ccc1NC(=O)c1ccnn1CC(C)O. The highest BCUT2D eigenvalue weighted by Gasteiger charge is 2.14. The molecule has 0 fully saturated rings. The van der Waals surface area contributed by atoms with Gasteiger partial charge in [0.25, 0.3) is 5.91 Å². The second-order valence-corrected chi connectivity index (χ2v) is 5.58. The van der Waals surface area contributed by atoms with Gasteiger partial charge in [0.1, 0.15) is 5.69 Å². The maximum absolute atomic E-state index is 12.2. The highest BCUT2D eigenvalue weighted by atomic mass is 79.9. The van der Waals surface area contributed by atoms with E-state index in [4.69, 9.17) is 0 Å². The molecule has 1 atom stereocenters. The van der Waals surface area contributed by atoms with Crippen LogP contribution >= 0.6 is 15.9 Å². The van der Waals surface area contributed by atoms with E-state index in [2.05, 4.69) is 26.3 Å². The van der Waals surface area contributed by atoms with Gasteiger partial charge in [-0.2, -0.15) is 5.10 Å². The maximum atomic E-state index is 12.2. The number of carbonyl (C=O) groups is 1. The number of benzene rings is 1. The van der Waals surface area contributed by atoms with Crippen LogP contribution in [0.5, 0.6) is 0 Å². The number of carbonyl (C=O) groups excluding carboxylic acids is 1. The predicted octanol–water partition coefficient (Wildman–Crippen LogP) is 2.59. The summed E-state index contributed by atoms with van der Waals surface area (Å²) in [7, 11) is 0. The molecule has 0 bridgehead atoms. The normalized spacial score (nSPS) is 12.2. The lowest BCUT2D eigenvalue weighted by atomic mass is 10.2. The average molecular weight is 338 g/mol. The van der Waals surface area contributed by atoms with Gasteiger partial charge < -0.3 is 10.4 Å². The third kappa shape index (κ3) is 3.46.